The van der Waals surface area contributed by atoms with E-state index in [2.05, 4.69) is 15.3 Å². The number of benzene rings is 1. The summed E-state index contributed by atoms with van der Waals surface area (Å²) < 4.78 is 7.50. The van der Waals surface area contributed by atoms with Gasteiger partial charge in [0.15, 0.2) is 5.82 Å². The molecule has 0 aliphatic carbocycles. The first-order valence-corrected chi connectivity index (χ1v) is 8.09. The van der Waals surface area contributed by atoms with Gasteiger partial charge in [-0.05, 0) is 37.2 Å². The van der Waals surface area contributed by atoms with Crippen LogP contribution >= 0.6 is 47.0 Å². The zero-order chi connectivity index (χ0) is 15.7. The molecule has 1 unspecified atom stereocenters. The minimum absolute atomic E-state index is 0.115. The van der Waals surface area contributed by atoms with Gasteiger partial charge in [-0.25, -0.2) is 0 Å². The highest BCUT2D eigenvalue weighted by Crippen LogP contribution is 2.30. The van der Waals surface area contributed by atoms with Crippen molar-refractivity contribution in [2.45, 2.75) is 18.9 Å². The molecule has 2 heterocycles. The van der Waals surface area contributed by atoms with Gasteiger partial charge in [-0.1, -0.05) is 34.8 Å². The minimum atomic E-state index is -0.115. The third-order valence-electron chi connectivity index (χ3n) is 3.27. The van der Waals surface area contributed by atoms with Crippen molar-refractivity contribution in [2.75, 3.05) is 6.61 Å². The van der Waals surface area contributed by atoms with Gasteiger partial charge in [0.2, 0.25) is 4.77 Å². The summed E-state index contributed by atoms with van der Waals surface area (Å²) >= 11 is 23.5. The highest BCUT2D eigenvalue weighted by Gasteiger charge is 2.23. The molecule has 1 atom stereocenters. The third-order valence-corrected chi connectivity index (χ3v) is 4.69. The molecule has 0 saturated carbocycles. The molecule has 0 radical (unpaired) electrons. The molecule has 9 heteroatoms. The first kappa shape index (κ1) is 16.0. The molecule has 1 aromatic carbocycles. The molecule has 5 nitrogen and oxygen atoms in total. The first-order chi connectivity index (χ1) is 10.6. The van der Waals surface area contributed by atoms with Gasteiger partial charge in [-0.3, -0.25) is 5.10 Å². The molecule has 1 fully saturated rings. The summed E-state index contributed by atoms with van der Waals surface area (Å²) in [6.07, 6.45) is 3.27. The second-order valence-corrected chi connectivity index (χ2v) is 6.28. The fraction of sp³-hybridized carbons (Fsp3) is 0.308. The average molecular weight is 378 g/mol. The number of nitrogens with one attached hydrogen (secondary N) is 1. The number of hydrogen-bond donors (Lipinski definition) is 1. The second kappa shape index (κ2) is 6.68. The Morgan fingerprint density at radius 1 is 1.36 bits per heavy atom. The van der Waals surface area contributed by atoms with Gasteiger partial charge >= 0.3 is 0 Å². The highest BCUT2D eigenvalue weighted by atomic mass is 35.5. The number of aromatic nitrogens is 3. The van der Waals surface area contributed by atoms with Crippen molar-refractivity contribution in [3.8, 4) is 0 Å². The Morgan fingerprint density at radius 2 is 2.14 bits per heavy atom. The molecule has 0 bridgehead atoms. The van der Waals surface area contributed by atoms with Crippen molar-refractivity contribution in [1.82, 2.24) is 14.9 Å². The van der Waals surface area contributed by atoms with Crippen molar-refractivity contribution in [3.05, 3.63) is 43.4 Å². The van der Waals surface area contributed by atoms with E-state index in [4.69, 9.17) is 51.8 Å². The molecule has 22 heavy (non-hydrogen) atoms. The van der Waals surface area contributed by atoms with E-state index in [9.17, 15) is 0 Å². The van der Waals surface area contributed by atoms with Crippen LogP contribution in [0.15, 0.2) is 17.2 Å². The van der Waals surface area contributed by atoms with Gasteiger partial charge in [0, 0.05) is 12.2 Å². The van der Waals surface area contributed by atoms with E-state index in [-0.39, 0.29) is 6.10 Å². The molecular formula is C13H11Cl3N4OS. The molecule has 1 aliphatic rings. The van der Waals surface area contributed by atoms with Crippen LogP contribution in [0.4, 0.5) is 0 Å². The molecule has 3 rings (SSSR count). The molecule has 0 amide bonds. The third kappa shape index (κ3) is 3.07. The number of hydrogen-bond acceptors (Lipinski definition) is 4. The zero-order valence-corrected chi connectivity index (χ0v) is 14.3. The van der Waals surface area contributed by atoms with Crippen LogP contribution in [0.3, 0.4) is 0 Å². The number of aromatic amines is 1. The van der Waals surface area contributed by atoms with Crippen LogP contribution in [-0.2, 0) is 4.74 Å². The molecule has 0 spiro atoms. The van der Waals surface area contributed by atoms with E-state index in [0.29, 0.717) is 37.8 Å². The number of ether oxygens (including phenoxy) is 1. The number of halogens is 3. The van der Waals surface area contributed by atoms with E-state index in [1.165, 1.54) is 10.9 Å². The summed E-state index contributed by atoms with van der Waals surface area (Å²) in [6.45, 7) is 0.708. The second-order valence-electron chi connectivity index (χ2n) is 4.70. The summed E-state index contributed by atoms with van der Waals surface area (Å²) in [4.78, 5) is 0. The predicted octanol–water partition coefficient (Wildman–Crippen LogP) is 4.63. The predicted molar refractivity (Wildman–Crippen MR) is 89.8 cm³/mol. The summed E-state index contributed by atoms with van der Waals surface area (Å²) in [5, 5.41) is 12.4. The Hall–Kier alpha value is -0.920. The maximum absolute atomic E-state index is 6.15. The van der Waals surface area contributed by atoms with Crippen LogP contribution in [0.2, 0.25) is 15.1 Å². The van der Waals surface area contributed by atoms with Crippen molar-refractivity contribution >= 4 is 53.2 Å². The van der Waals surface area contributed by atoms with Gasteiger partial charge in [0.1, 0.15) is 6.10 Å². The largest absolute Gasteiger partial charge is 0.370 e. The fourth-order valence-electron chi connectivity index (χ4n) is 2.18. The molecule has 1 N–H and O–H groups in total. The lowest BCUT2D eigenvalue weighted by Gasteiger charge is -2.08. The minimum Gasteiger partial charge on any atom is -0.370 e. The van der Waals surface area contributed by atoms with Crippen LogP contribution in [0.1, 0.15) is 30.3 Å². The number of nitrogens with zero attached hydrogens (tertiary/aromatic N) is 3. The average Bonchev–Trinajstić information content (AvgIpc) is 3.13. The van der Waals surface area contributed by atoms with Gasteiger partial charge < -0.3 is 4.74 Å². The lowest BCUT2D eigenvalue weighted by molar-refractivity contribution is 0.102. The molecule has 116 valence electrons. The first-order valence-electron chi connectivity index (χ1n) is 6.54. The van der Waals surface area contributed by atoms with E-state index in [1.807, 2.05) is 0 Å². The lowest BCUT2D eigenvalue weighted by atomic mass is 10.2. The Kier molecular flexibility index (Phi) is 4.84. The van der Waals surface area contributed by atoms with Crippen molar-refractivity contribution in [2.24, 2.45) is 5.10 Å². The summed E-state index contributed by atoms with van der Waals surface area (Å²) in [6, 6.07) is 3.29. The van der Waals surface area contributed by atoms with Crippen LogP contribution in [0.5, 0.6) is 0 Å². The quantitative estimate of drug-likeness (QED) is 0.482. The Morgan fingerprint density at radius 3 is 2.86 bits per heavy atom. The Balaban J connectivity index is 1.98. The molecule has 1 aromatic heterocycles. The number of rotatable bonds is 3. The maximum atomic E-state index is 6.15. The van der Waals surface area contributed by atoms with Gasteiger partial charge in [-0.15, -0.1) is 0 Å². The van der Waals surface area contributed by atoms with Gasteiger partial charge in [-0.2, -0.15) is 14.9 Å². The highest BCUT2D eigenvalue weighted by molar-refractivity contribution is 7.71. The Labute approximate surface area is 146 Å². The molecule has 1 aliphatic heterocycles. The van der Waals surface area contributed by atoms with E-state index >= 15 is 0 Å². The fourth-order valence-corrected chi connectivity index (χ4v) is 3.00. The van der Waals surface area contributed by atoms with Crippen LogP contribution in [-0.4, -0.2) is 27.7 Å². The van der Waals surface area contributed by atoms with Crippen molar-refractivity contribution < 1.29 is 4.74 Å². The molecular weight excluding hydrogens is 367 g/mol. The van der Waals surface area contributed by atoms with E-state index < -0.39 is 0 Å². The van der Waals surface area contributed by atoms with Crippen LogP contribution in [0, 0.1) is 4.77 Å². The van der Waals surface area contributed by atoms with Crippen LogP contribution < -0.4 is 0 Å². The smallest absolute Gasteiger partial charge is 0.216 e. The maximum Gasteiger partial charge on any atom is 0.216 e. The molecule has 1 saturated heterocycles. The zero-order valence-electron chi connectivity index (χ0n) is 11.2. The summed E-state index contributed by atoms with van der Waals surface area (Å²) in [5.74, 6) is 0.632. The van der Waals surface area contributed by atoms with Crippen LogP contribution in [0.25, 0.3) is 0 Å². The van der Waals surface area contributed by atoms with E-state index in [1.54, 1.807) is 12.1 Å². The lowest BCUT2D eigenvalue weighted by Crippen LogP contribution is -2.05. The SMILES string of the molecule is S=c1[nH]nc(C2CCCO2)n1/N=C\c1c(Cl)ccc(Cl)c1Cl. The van der Waals surface area contributed by atoms with Crippen molar-refractivity contribution in [1.29, 1.82) is 0 Å². The summed E-state index contributed by atoms with van der Waals surface area (Å²) in [5.41, 5.74) is 0.525. The topological polar surface area (TPSA) is 55.2 Å². The molecule has 2 aromatic rings. The standard InChI is InChI=1S/C13H11Cl3N4OS/c14-8-3-4-9(15)11(16)7(8)6-17-20-12(18-19-13(20)22)10-2-1-5-21-10/h3-4,6,10H,1-2,5H2,(H,19,22)/b17-6-. The Bertz CT molecular complexity index is 780. The summed E-state index contributed by atoms with van der Waals surface area (Å²) in [7, 11) is 0. The number of H-pyrrole nitrogens is 1. The normalized spacial score (nSPS) is 18.4. The van der Waals surface area contributed by atoms with Gasteiger partial charge in [0.05, 0.1) is 21.3 Å². The monoisotopic (exact) mass is 376 g/mol. The van der Waals surface area contributed by atoms with Crippen molar-refractivity contribution in [3.63, 3.8) is 0 Å². The van der Waals surface area contributed by atoms with E-state index in [0.717, 1.165) is 12.8 Å². The van der Waals surface area contributed by atoms with Gasteiger partial charge in [0.25, 0.3) is 0 Å².